The fraction of sp³-hybridized carbons (Fsp3) is 0. The van der Waals surface area contributed by atoms with Gasteiger partial charge in [-0.2, -0.15) is 0 Å². The second kappa shape index (κ2) is 4.42. The maximum atomic E-state index is 7.31. The van der Waals surface area contributed by atoms with E-state index in [4.69, 9.17) is 13.9 Å². The van der Waals surface area contributed by atoms with Gasteiger partial charge in [0, 0.05) is 13.5 Å². The molecule has 0 unspecified atom stereocenters. The zero-order valence-corrected chi connectivity index (χ0v) is 3.84. The van der Waals surface area contributed by atoms with Crippen molar-refractivity contribution in [3.05, 3.63) is 0 Å². The van der Waals surface area contributed by atoms with E-state index in [0.717, 1.165) is 0 Å². The molecule has 2 radical (unpaired) electrons. The van der Waals surface area contributed by atoms with Crippen LogP contribution in [0.25, 0.3) is 0 Å². The minimum Gasteiger partial charge on any atom is -0.301 e. The molecule has 0 aromatic rings. The lowest BCUT2D eigenvalue weighted by molar-refractivity contribution is 0.515. The molecule has 0 aliphatic rings. The maximum Gasteiger partial charge on any atom is 0.168 e. The molecule has 3 nitrogen and oxygen atoms in total. The minimum absolute atomic E-state index is 0. The van der Waals surface area contributed by atoms with Crippen molar-refractivity contribution in [2.24, 2.45) is 0 Å². The standard InChI is InChI=1S/H3NO2S.S/c1-4(2)3;/h(H3,1,2,3);. The monoisotopic (exact) mass is 113 g/mol. The van der Waals surface area contributed by atoms with E-state index < -0.39 is 11.3 Å². The second-order valence-corrected chi connectivity index (χ2v) is 0.793. The summed E-state index contributed by atoms with van der Waals surface area (Å²) in [5.41, 5.74) is 0. The van der Waals surface area contributed by atoms with Crippen molar-refractivity contribution in [2.75, 3.05) is 0 Å². The van der Waals surface area contributed by atoms with Crippen molar-refractivity contribution >= 4 is 24.7 Å². The van der Waals surface area contributed by atoms with Crippen LogP contribution in [0.2, 0.25) is 0 Å². The zero-order valence-electron chi connectivity index (χ0n) is 2.21. The van der Waals surface area contributed by atoms with Crippen LogP contribution in [-0.2, 0) is 11.3 Å². The van der Waals surface area contributed by atoms with Crippen LogP contribution in [0.15, 0.2) is 0 Å². The Balaban J connectivity index is 0. The summed E-state index contributed by atoms with van der Waals surface area (Å²) in [6.45, 7) is 0. The molecule has 3 N–H and O–H groups in total. The summed E-state index contributed by atoms with van der Waals surface area (Å²) in [5.74, 6) is 0. The molecule has 0 aliphatic heterocycles. The van der Waals surface area contributed by atoms with Crippen LogP contribution >= 0.6 is 13.5 Å². The maximum absolute atomic E-state index is 7.31. The first kappa shape index (κ1) is 9.05. The molecule has 0 atom stereocenters. The summed E-state index contributed by atoms with van der Waals surface area (Å²) < 4.78 is 20.3. The summed E-state index contributed by atoms with van der Waals surface area (Å²) in [6, 6.07) is 0. The van der Waals surface area contributed by atoms with Crippen molar-refractivity contribution in [1.29, 1.82) is 4.78 Å². The molecule has 0 spiro atoms. The van der Waals surface area contributed by atoms with E-state index in [2.05, 4.69) is 0 Å². The molecule has 5 heteroatoms. The van der Waals surface area contributed by atoms with Gasteiger partial charge < -0.3 is 9.11 Å². The molecular formula is H3NO2S2. The van der Waals surface area contributed by atoms with Crippen molar-refractivity contribution < 1.29 is 9.11 Å². The highest BCUT2D eigenvalue weighted by atomic mass is 32.2. The van der Waals surface area contributed by atoms with E-state index in [-0.39, 0.29) is 13.5 Å². The first-order chi connectivity index (χ1) is 1.73. The van der Waals surface area contributed by atoms with Crippen molar-refractivity contribution in [1.82, 2.24) is 0 Å². The Labute approximate surface area is 39.4 Å². The SMILES string of the molecule is N=S(O)O.[S]. The Morgan fingerprint density at radius 2 is 1.40 bits per heavy atom. The van der Waals surface area contributed by atoms with Gasteiger partial charge in [0.1, 0.15) is 0 Å². The predicted octanol–water partition coefficient (Wildman–Crippen LogP) is 0.961. The topological polar surface area (TPSA) is 64.3 Å². The highest BCUT2D eigenvalue weighted by Crippen LogP contribution is 1.48. The Morgan fingerprint density at radius 3 is 1.40 bits per heavy atom. The molecule has 0 amide bonds. The lowest BCUT2D eigenvalue weighted by Crippen LogP contribution is -1.70. The van der Waals surface area contributed by atoms with E-state index in [1.54, 1.807) is 0 Å². The van der Waals surface area contributed by atoms with E-state index >= 15 is 0 Å². The van der Waals surface area contributed by atoms with E-state index in [9.17, 15) is 0 Å². The molecule has 0 aromatic carbocycles. The molecular weight excluding hydrogens is 110 g/mol. The van der Waals surface area contributed by atoms with Crippen LogP contribution in [0, 0.1) is 4.78 Å². The first-order valence-corrected chi connectivity index (χ1v) is 1.71. The average molecular weight is 113 g/mol. The lowest BCUT2D eigenvalue weighted by atomic mass is 14.0. The molecule has 0 aliphatic carbocycles. The van der Waals surface area contributed by atoms with Gasteiger partial charge >= 0.3 is 0 Å². The highest BCUT2D eigenvalue weighted by molar-refractivity contribution is 7.74. The Morgan fingerprint density at radius 1 is 1.40 bits per heavy atom. The van der Waals surface area contributed by atoms with Gasteiger partial charge in [0.15, 0.2) is 11.3 Å². The minimum atomic E-state index is -2.11. The van der Waals surface area contributed by atoms with Gasteiger partial charge in [0.25, 0.3) is 0 Å². The number of nitrogens with one attached hydrogen (secondary N) is 1. The summed E-state index contributed by atoms with van der Waals surface area (Å²) in [7, 11) is 0. The van der Waals surface area contributed by atoms with Crippen LogP contribution in [-0.4, -0.2) is 9.11 Å². The first-order valence-electron chi connectivity index (χ1n) is 0.569. The molecule has 0 fully saturated rings. The fourth-order valence-electron chi connectivity index (χ4n) is 0. The lowest BCUT2D eigenvalue weighted by Gasteiger charge is -1.66. The molecule has 0 saturated heterocycles. The third-order valence-corrected chi connectivity index (χ3v) is 0. The van der Waals surface area contributed by atoms with Gasteiger partial charge in [-0.25, -0.2) is 4.78 Å². The van der Waals surface area contributed by atoms with Crippen molar-refractivity contribution in [3.63, 3.8) is 0 Å². The smallest absolute Gasteiger partial charge is 0.168 e. The van der Waals surface area contributed by atoms with Crippen LogP contribution < -0.4 is 0 Å². The van der Waals surface area contributed by atoms with Crippen molar-refractivity contribution in [3.8, 4) is 0 Å². The van der Waals surface area contributed by atoms with E-state index in [1.165, 1.54) is 0 Å². The normalized spacial score (nSPS) is 7.00. The van der Waals surface area contributed by atoms with E-state index in [0.29, 0.717) is 0 Å². The number of rotatable bonds is 0. The quantitative estimate of drug-likeness (QED) is 0.438. The van der Waals surface area contributed by atoms with Crippen LogP contribution in [0.1, 0.15) is 0 Å². The van der Waals surface area contributed by atoms with E-state index in [1.807, 2.05) is 0 Å². The summed E-state index contributed by atoms with van der Waals surface area (Å²) >= 11 is -2.11. The van der Waals surface area contributed by atoms with Gasteiger partial charge in [-0.3, -0.25) is 0 Å². The average Bonchev–Trinajstić information content (AvgIpc) is 0.811. The van der Waals surface area contributed by atoms with Gasteiger partial charge in [-0.05, 0) is 0 Å². The number of hydrogen-bond donors (Lipinski definition) is 3. The molecule has 0 aromatic heterocycles. The van der Waals surface area contributed by atoms with Gasteiger partial charge in [-0.15, -0.1) is 0 Å². The van der Waals surface area contributed by atoms with Gasteiger partial charge in [-0.1, -0.05) is 0 Å². The Kier molecular flexibility index (Phi) is 8.00. The Bertz CT molecular complexity index is 30.6. The van der Waals surface area contributed by atoms with Crippen LogP contribution in [0.4, 0.5) is 0 Å². The molecule has 0 bridgehead atoms. The largest absolute Gasteiger partial charge is 0.301 e. The Hall–Kier alpha value is 0.420. The van der Waals surface area contributed by atoms with Crippen LogP contribution in [0.5, 0.6) is 0 Å². The number of hydrogen-bond acceptors (Lipinski definition) is 1. The summed E-state index contributed by atoms with van der Waals surface area (Å²) in [6.07, 6.45) is 0. The molecule has 5 heavy (non-hydrogen) atoms. The summed E-state index contributed by atoms with van der Waals surface area (Å²) in [4.78, 5) is 0. The third kappa shape index (κ3) is 147. The summed E-state index contributed by atoms with van der Waals surface area (Å²) in [5, 5.41) is 0. The molecule has 0 rings (SSSR count). The molecule has 0 saturated carbocycles. The van der Waals surface area contributed by atoms with Crippen LogP contribution in [0.3, 0.4) is 0 Å². The molecule has 32 valence electrons. The molecule has 0 heterocycles. The highest BCUT2D eigenvalue weighted by Gasteiger charge is 1.54. The third-order valence-electron chi connectivity index (χ3n) is 0. The van der Waals surface area contributed by atoms with Crippen molar-refractivity contribution in [2.45, 2.75) is 0 Å². The fourth-order valence-corrected chi connectivity index (χ4v) is 0. The predicted molar refractivity (Wildman–Crippen MR) is 22.9 cm³/mol. The zero-order chi connectivity index (χ0) is 3.58. The van der Waals surface area contributed by atoms with Gasteiger partial charge in [0.2, 0.25) is 0 Å². The van der Waals surface area contributed by atoms with Gasteiger partial charge in [0.05, 0.1) is 0 Å². The second-order valence-electron chi connectivity index (χ2n) is 0.264.